The summed E-state index contributed by atoms with van der Waals surface area (Å²) in [6, 6.07) is 20.9. The van der Waals surface area contributed by atoms with Crippen molar-refractivity contribution in [1.29, 1.82) is 0 Å². The highest BCUT2D eigenvalue weighted by atomic mass is 16.5. The Balaban J connectivity index is 1.37. The zero-order valence-corrected chi connectivity index (χ0v) is 22.1. The van der Waals surface area contributed by atoms with Crippen LogP contribution in [0.4, 0.5) is 11.4 Å². The lowest BCUT2D eigenvalue weighted by Gasteiger charge is -2.30. The van der Waals surface area contributed by atoms with E-state index in [1.54, 1.807) is 0 Å². The molecule has 8 heteroatoms. The summed E-state index contributed by atoms with van der Waals surface area (Å²) in [5.41, 5.74) is 2.83. The molecule has 2 aliphatic heterocycles. The number of rotatable bonds is 0. The maximum absolute atomic E-state index is 6.49. The van der Waals surface area contributed by atoms with Crippen LogP contribution in [-0.4, -0.2) is 44.5 Å². The lowest BCUT2D eigenvalue weighted by Crippen LogP contribution is -2.35. The van der Waals surface area contributed by atoms with Gasteiger partial charge in [0, 0.05) is 11.8 Å². The van der Waals surface area contributed by atoms with Gasteiger partial charge < -0.3 is 18.9 Å². The number of para-hydroxylation sites is 4. The number of fused-ring (bicyclic) bond motifs is 5. The van der Waals surface area contributed by atoms with Crippen LogP contribution in [0.1, 0.15) is 19.3 Å². The SMILES string of the molecule is C1=NC2=CCCC=C2OCC2COC3CC=CC=C3N=C=Nc3ccccc3OCC2COc2ccccc2N=1. The molecule has 0 spiro atoms. The van der Waals surface area contributed by atoms with Gasteiger partial charge in [0.15, 0.2) is 0 Å². The minimum absolute atomic E-state index is 0.0631. The zero-order chi connectivity index (χ0) is 27.0. The normalized spacial score (nSPS) is 24.2. The minimum Gasteiger partial charge on any atom is -0.491 e. The standard InChI is InChI=1S/C32H30N4O4/c1-5-13-29-25(9-1)33-21-34-26-10-2-6-14-30(26)39-19-24-20-40-32-16-8-4-12-28(32)36-22-35-27-11-3-7-15-31(27)38-18-23(24)17-37-29/h1-3,5-7,9-13,15-16,23-24,30H,4,8,14,17-20H2. The predicted octanol–water partition coefficient (Wildman–Crippen LogP) is 6.82. The van der Waals surface area contributed by atoms with E-state index in [2.05, 4.69) is 50.2 Å². The lowest BCUT2D eigenvalue weighted by molar-refractivity contribution is -0.0107. The molecule has 2 aromatic carbocycles. The Morgan fingerprint density at radius 3 is 2.10 bits per heavy atom. The molecule has 3 atom stereocenters. The number of ether oxygens (including phenoxy) is 4. The summed E-state index contributed by atoms with van der Waals surface area (Å²) < 4.78 is 25.6. The van der Waals surface area contributed by atoms with Crippen LogP contribution in [0.2, 0.25) is 0 Å². The number of hydrogen-bond donors (Lipinski definition) is 0. The van der Waals surface area contributed by atoms with E-state index in [1.807, 2.05) is 60.7 Å². The van der Waals surface area contributed by atoms with Gasteiger partial charge >= 0.3 is 0 Å². The van der Waals surface area contributed by atoms with Crippen LogP contribution in [0, 0.1) is 11.8 Å². The molecule has 2 heterocycles. The monoisotopic (exact) mass is 534 g/mol. The first kappa shape index (κ1) is 25.8. The summed E-state index contributed by atoms with van der Waals surface area (Å²) in [7, 11) is 0. The summed E-state index contributed by atoms with van der Waals surface area (Å²) in [4.78, 5) is 17.9. The van der Waals surface area contributed by atoms with Crippen LogP contribution in [0.25, 0.3) is 0 Å². The second kappa shape index (κ2) is 12.6. The molecule has 8 nitrogen and oxygen atoms in total. The Morgan fingerprint density at radius 1 is 0.675 bits per heavy atom. The number of nitrogens with zero attached hydrogens (tertiary/aromatic N) is 4. The average Bonchev–Trinajstić information content (AvgIpc) is 3.01. The van der Waals surface area contributed by atoms with Crippen molar-refractivity contribution in [3.05, 3.63) is 96.1 Å². The van der Waals surface area contributed by atoms with Gasteiger partial charge in [-0.15, -0.1) is 0 Å². The van der Waals surface area contributed by atoms with Gasteiger partial charge in [0.1, 0.15) is 52.5 Å². The van der Waals surface area contributed by atoms with Gasteiger partial charge in [-0.25, -0.2) is 0 Å². The van der Waals surface area contributed by atoms with Crippen LogP contribution in [0.5, 0.6) is 11.5 Å². The Bertz CT molecular complexity index is 1490. The van der Waals surface area contributed by atoms with E-state index in [0.717, 1.165) is 36.4 Å². The van der Waals surface area contributed by atoms with Gasteiger partial charge in [0.25, 0.3) is 0 Å². The number of benzene rings is 2. The molecule has 40 heavy (non-hydrogen) atoms. The van der Waals surface area contributed by atoms with Gasteiger partial charge in [0.2, 0.25) is 0 Å². The average molecular weight is 535 g/mol. The van der Waals surface area contributed by atoms with Crippen molar-refractivity contribution in [3.8, 4) is 11.5 Å². The lowest BCUT2D eigenvalue weighted by atomic mass is 9.94. The van der Waals surface area contributed by atoms with Gasteiger partial charge in [-0.2, -0.15) is 20.0 Å². The molecule has 0 fully saturated rings. The van der Waals surface area contributed by atoms with Gasteiger partial charge in [-0.05, 0) is 55.7 Å². The topological polar surface area (TPSA) is 86.4 Å². The van der Waals surface area contributed by atoms with E-state index in [0.29, 0.717) is 49.3 Å². The second-order valence-corrected chi connectivity index (χ2v) is 9.85. The van der Waals surface area contributed by atoms with Crippen molar-refractivity contribution >= 4 is 23.4 Å². The third-order valence-corrected chi connectivity index (χ3v) is 7.13. The molecule has 0 aromatic heterocycles. The second-order valence-electron chi connectivity index (χ2n) is 9.85. The first-order valence-corrected chi connectivity index (χ1v) is 13.6. The molecule has 0 bridgehead atoms. The summed E-state index contributed by atoms with van der Waals surface area (Å²) in [5, 5.41) is 0. The number of aliphatic imine (C=N–C) groups is 4. The molecular weight excluding hydrogens is 504 g/mol. The van der Waals surface area contributed by atoms with E-state index in [4.69, 9.17) is 18.9 Å². The fourth-order valence-corrected chi connectivity index (χ4v) is 4.82. The molecule has 0 radical (unpaired) electrons. The fourth-order valence-electron chi connectivity index (χ4n) is 4.82. The van der Waals surface area contributed by atoms with Crippen LogP contribution < -0.4 is 9.47 Å². The predicted molar refractivity (Wildman–Crippen MR) is 153 cm³/mol. The fraction of sp³-hybridized carbons (Fsp3) is 0.312. The molecule has 0 amide bonds. The van der Waals surface area contributed by atoms with Crippen molar-refractivity contribution < 1.29 is 18.9 Å². The molecule has 2 aromatic rings. The smallest absolute Gasteiger partial charge is 0.145 e. The molecule has 0 saturated carbocycles. The van der Waals surface area contributed by atoms with E-state index in [-0.39, 0.29) is 17.9 Å². The highest BCUT2D eigenvalue weighted by molar-refractivity contribution is 5.61. The molecule has 6 rings (SSSR count). The van der Waals surface area contributed by atoms with Crippen LogP contribution >= 0.6 is 0 Å². The maximum atomic E-state index is 6.49. The Morgan fingerprint density at radius 2 is 1.32 bits per heavy atom. The Labute approximate surface area is 233 Å². The van der Waals surface area contributed by atoms with E-state index in [1.165, 1.54) is 0 Å². The van der Waals surface area contributed by atoms with Gasteiger partial charge in [0.05, 0.1) is 32.1 Å². The summed E-state index contributed by atoms with van der Waals surface area (Å²) in [5.74, 6) is 1.89. The van der Waals surface area contributed by atoms with E-state index >= 15 is 0 Å². The molecule has 0 saturated heterocycles. The van der Waals surface area contributed by atoms with Crippen LogP contribution in [0.3, 0.4) is 0 Å². The van der Waals surface area contributed by atoms with Crippen molar-refractivity contribution in [2.45, 2.75) is 25.4 Å². The van der Waals surface area contributed by atoms with Crippen molar-refractivity contribution in [3.63, 3.8) is 0 Å². The maximum Gasteiger partial charge on any atom is 0.145 e. The molecule has 4 aliphatic rings. The highest BCUT2D eigenvalue weighted by Crippen LogP contribution is 2.32. The molecular formula is C32H30N4O4. The summed E-state index contributed by atoms with van der Waals surface area (Å²) >= 11 is 0. The Kier molecular flexibility index (Phi) is 8.11. The quantitative estimate of drug-likeness (QED) is 0.371. The molecule has 0 N–H and O–H groups in total. The van der Waals surface area contributed by atoms with Gasteiger partial charge in [-0.1, -0.05) is 42.5 Å². The molecule has 3 unspecified atom stereocenters. The molecule has 202 valence electrons. The largest absolute Gasteiger partial charge is 0.491 e. The van der Waals surface area contributed by atoms with Crippen molar-refractivity contribution in [2.24, 2.45) is 31.8 Å². The number of allylic oxidation sites excluding steroid dienone is 4. The Hall–Kier alpha value is -4.48. The third kappa shape index (κ3) is 6.22. The number of hydrogen-bond acceptors (Lipinski definition) is 8. The minimum atomic E-state index is -0.209. The van der Waals surface area contributed by atoms with Crippen molar-refractivity contribution in [1.82, 2.24) is 0 Å². The van der Waals surface area contributed by atoms with Gasteiger partial charge in [-0.3, -0.25) is 0 Å². The first-order chi connectivity index (χ1) is 19.8. The molecule has 2 aliphatic carbocycles. The third-order valence-electron chi connectivity index (χ3n) is 7.13. The van der Waals surface area contributed by atoms with E-state index < -0.39 is 0 Å². The first-order valence-electron chi connectivity index (χ1n) is 13.6. The van der Waals surface area contributed by atoms with Crippen molar-refractivity contribution in [2.75, 3.05) is 26.4 Å². The summed E-state index contributed by atoms with van der Waals surface area (Å²) in [6.07, 6.45) is 12.4. The summed E-state index contributed by atoms with van der Waals surface area (Å²) in [6.45, 7) is 1.57. The highest BCUT2D eigenvalue weighted by Gasteiger charge is 2.29. The van der Waals surface area contributed by atoms with E-state index in [9.17, 15) is 0 Å². The zero-order valence-electron chi connectivity index (χ0n) is 22.1. The van der Waals surface area contributed by atoms with Crippen LogP contribution in [0.15, 0.2) is 116 Å². The van der Waals surface area contributed by atoms with Crippen LogP contribution in [-0.2, 0) is 9.47 Å².